The van der Waals surface area contributed by atoms with Gasteiger partial charge in [-0.3, -0.25) is 10.3 Å². The number of aromatic nitrogens is 2. The number of nitrogens with zero attached hydrogens (tertiary/aromatic N) is 4. The number of hydrogen-bond donors (Lipinski definition) is 3. The number of nitrogens with one attached hydrogen (secondary N) is 2. The van der Waals surface area contributed by atoms with Crippen LogP contribution in [-0.2, 0) is 6.42 Å². The Hall–Kier alpha value is -3.53. The topological polar surface area (TPSA) is 102 Å². The second-order valence-electron chi connectivity index (χ2n) is 8.52. The van der Waals surface area contributed by atoms with Gasteiger partial charge in [-0.2, -0.15) is 9.78 Å². The molecule has 0 fully saturated rings. The molecule has 0 saturated carbocycles. The fraction of sp³-hybridized carbons (Fsp3) is 0.148. The molecule has 1 aromatic heterocycles. The van der Waals surface area contributed by atoms with E-state index in [1.807, 2.05) is 49.4 Å². The highest BCUT2D eigenvalue weighted by Gasteiger charge is 2.30. The van der Waals surface area contributed by atoms with Crippen LogP contribution in [0.25, 0.3) is 5.69 Å². The van der Waals surface area contributed by atoms with E-state index in [0.717, 1.165) is 10.9 Å². The summed E-state index contributed by atoms with van der Waals surface area (Å²) in [7, 11) is 0. The number of halogens is 3. The molecule has 1 unspecified atom stereocenters. The highest BCUT2D eigenvalue weighted by molar-refractivity contribution is 9.10. The van der Waals surface area contributed by atoms with E-state index in [1.165, 1.54) is 5.56 Å². The van der Waals surface area contributed by atoms with Gasteiger partial charge >= 0.3 is 0 Å². The Morgan fingerprint density at radius 1 is 1.08 bits per heavy atom. The van der Waals surface area contributed by atoms with E-state index in [2.05, 4.69) is 48.7 Å². The molecule has 1 atom stereocenters. The first-order chi connectivity index (χ1) is 18.4. The Bertz CT molecular complexity index is 1500. The molecule has 194 valence electrons. The summed E-state index contributed by atoms with van der Waals surface area (Å²) in [6, 6.07) is 22.9. The van der Waals surface area contributed by atoms with Gasteiger partial charge < -0.3 is 15.8 Å². The van der Waals surface area contributed by atoms with Crippen LogP contribution >= 0.6 is 39.1 Å². The lowest BCUT2D eigenvalue weighted by Gasteiger charge is -2.24. The lowest BCUT2D eigenvalue weighted by Crippen LogP contribution is -2.50. The van der Waals surface area contributed by atoms with Crippen molar-refractivity contribution < 1.29 is 4.74 Å². The SMILES string of the molecule is Cc1nn(-c2ccc(Cl)cc2Cl)c(Oc2ccc(Br)cc2)c1C1N=C(N)NC(=NCCc2ccccc2)N1. The van der Waals surface area contributed by atoms with E-state index >= 15 is 0 Å². The second kappa shape index (κ2) is 11.5. The quantitative estimate of drug-likeness (QED) is 0.232. The first-order valence-corrected chi connectivity index (χ1v) is 13.4. The van der Waals surface area contributed by atoms with Crippen molar-refractivity contribution in [3.63, 3.8) is 0 Å². The average Bonchev–Trinajstić information content (AvgIpc) is 3.21. The number of aliphatic imine (C=N–C) groups is 2. The molecule has 0 amide bonds. The molecule has 3 aromatic carbocycles. The molecule has 0 radical (unpaired) electrons. The maximum Gasteiger partial charge on any atom is 0.230 e. The smallest absolute Gasteiger partial charge is 0.230 e. The zero-order valence-corrected chi connectivity index (χ0v) is 23.4. The summed E-state index contributed by atoms with van der Waals surface area (Å²) in [4.78, 5) is 9.26. The van der Waals surface area contributed by atoms with Crippen LogP contribution in [0, 0.1) is 6.92 Å². The number of aryl methyl sites for hydroxylation is 1. The number of rotatable bonds is 7. The van der Waals surface area contributed by atoms with E-state index in [-0.39, 0.29) is 5.96 Å². The molecule has 0 saturated heterocycles. The van der Waals surface area contributed by atoms with Gasteiger partial charge in [-0.15, -0.1) is 0 Å². The molecule has 0 aliphatic carbocycles. The third kappa shape index (κ3) is 5.96. The number of benzene rings is 3. The van der Waals surface area contributed by atoms with Gasteiger partial charge in [0.2, 0.25) is 5.88 Å². The second-order valence-corrected chi connectivity index (χ2v) is 10.3. The zero-order chi connectivity index (χ0) is 26.6. The van der Waals surface area contributed by atoms with E-state index in [9.17, 15) is 0 Å². The van der Waals surface area contributed by atoms with Crippen molar-refractivity contribution in [2.45, 2.75) is 19.5 Å². The Labute approximate surface area is 238 Å². The highest BCUT2D eigenvalue weighted by atomic mass is 79.9. The van der Waals surface area contributed by atoms with Crippen LogP contribution < -0.4 is 21.1 Å². The maximum absolute atomic E-state index is 6.56. The van der Waals surface area contributed by atoms with Gasteiger partial charge in [0.25, 0.3) is 0 Å². The molecule has 2 heterocycles. The standard InChI is InChI=1S/C27H24BrCl2N7O/c1-16-23(24-33-26(31)35-27(34-24)32-14-13-17-5-3-2-4-6-17)25(38-20-10-7-18(28)8-11-20)37(36-16)22-12-9-19(29)15-21(22)30/h2-12,15,24H,13-14H2,1H3,(H4,31,32,33,34,35). The molecule has 1 aliphatic rings. The summed E-state index contributed by atoms with van der Waals surface area (Å²) < 4.78 is 8.98. The summed E-state index contributed by atoms with van der Waals surface area (Å²) in [5.41, 5.74) is 9.36. The van der Waals surface area contributed by atoms with Crippen molar-refractivity contribution in [2.75, 3.05) is 6.54 Å². The maximum atomic E-state index is 6.56. The highest BCUT2D eigenvalue weighted by Crippen LogP contribution is 2.38. The molecule has 0 spiro atoms. The van der Waals surface area contributed by atoms with Crippen LogP contribution in [0.5, 0.6) is 11.6 Å². The van der Waals surface area contributed by atoms with Crippen molar-refractivity contribution in [3.8, 4) is 17.3 Å². The fourth-order valence-corrected chi connectivity index (χ4v) is 4.77. The monoisotopic (exact) mass is 611 g/mol. The molecule has 5 rings (SSSR count). The summed E-state index contributed by atoms with van der Waals surface area (Å²) in [6.07, 6.45) is 0.191. The summed E-state index contributed by atoms with van der Waals surface area (Å²) in [5.74, 6) is 1.81. The average molecular weight is 613 g/mol. The van der Waals surface area contributed by atoms with Gasteiger partial charge in [0, 0.05) is 16.0 Å². The lowest BCUT2D eigenvalue weighted by atomic mass is 10.1. The van der Waals surface area contributed by atoms with Crippen LogP contribution in [0.15, 0.2) is 87.3 Å². The first kappa shape index (κ1) is 26.1. The van der Waals surface area contributed by atoms with Gasteiger partial charge in [0.15, 0.2) is 18.1 Å². The van der Waals surface area contributed by atoms with Crippen molar-refractivity contribution in [3.05, 3.63) is 104 Å². The minimum atomic E-state index is -0.600. The molecular formula is C27H24BrCl2N7O. The normalized spacial score (nSPS) is 16.1. The molecule has 4 N–H and O–H groups in total. The molecule has 0 bridgehead atoms. The van der Waals surface area contributed by atoms with Gasteiger partial charge in [-0.25, -0.2) is 4.99 Å². The van der Waals surface area contributed by atoms with Gasteiger partial charge in [-0.1, -0.05) is 69.5 Å². The van der Waals surface area contributed by atoms with Gasteiger partial charge in [0.1, 0.15) is 5.75 Å². The molecule has 11 heteroatoms. The Balaban J connectivity index is 1.51. The largest absolute Gasteiger partial charge is 0.438 e. The lowest BCUT2D eigenvalue weighted by molar-refractivity contribution is 0.432. The van der Waals surface area contributed by atoms with Crippen molar-refractivity contribution in [2.24, 2.45) is 15.7 Å². The molecule has 4 aromatic rings. The zero-order valence-electron chi connectivity index (χ0n) is 20.3. The summed E-state index contributed by atoms with van der Waals surface area (Å²) in [5, 5.41) is 12.0. The minimum absolute atomic E-state index is 0.235. The van der Waals surface area contributed by atoms with E-state index < -0.39 is 6.17 Å². The predicted octanol–water partition coefficient (Wildman–Crippen LogP) is 6.15. The Kier molecular flexibility index (Phi) is 7.87. The molecule has 8 nitrogen and oxygen atoms in total. The van der Waals surface area contributed by atoms with Crippen molar-refractivity contribution >= 4 is 51.1 Å². The molecule has 1 aliphatic heterocycles. The Morgan fingerprint density at radius 3 is 2.58 bits per heavy atom. The third-order valence-corrected chi connectivity index (χ3v) is 6.87. The number of ether oxygens (including phenoxy) is 1. The van der Waals surface area contributed by atoms with Gasteiger partial charge in [-0.05, 0) is 61.4 Å². The Morgan fingerprint density at radius 2 is 1.84 bits per heavy atom. The first-order valence-electron chi connectivity index (χ1n) is 11.8. The number of hydrogen-bond acceptors (Lipinski definition) is 5. The third-order valence-electron chi connectivity index (χ3n) is 5.80. The summed E-state index contributed by atoms with van der Waals surface area (Å²) in [6.45, 7) is 2.45. The van der Waals surface area contributed by atoms with Crippen LogP contribution in [0.2, 0.25) is 10.0 Å². The van der Waals surface area contributed by atoms with E-state index in [4.69, 9.17) is 38.8 Å². The van der Waals surface area contributed by atoms with Crippen LogP contribution in [-0.4, -0.2) is 28.2 Å². The molecular weight excluding hydrogens is 589 g/mol. The fourth-order valence-electron chi connectivity index (χ4n) is 4.02. The van der Waals surface area contributed by atoms with Crippen molar-refractivity contribution in [1.29, 1.82) is 0 Å². The minimum Gasteiger partial charge on any atom is -0.438 e. The molecule has 38 heavy (non-hydrogen) atoms. The van der Waals surface area contributed by atoms with Gasteiger partial charge in [0.05, 0.1) is 22.0 Å². The van der Waals surface area contributed by atoms with Crippen molar-refractivity contribution in [1.82, 2.24) is 20.4 Å². The van der Waals surface area contributed by atoms with Crippen LogP contribution in [0.4, 0.5) is 0 Å². The predicted molar refractivity (Wildman–Crippen MR) is 156 cm³/mol. The summed E-state index contributed by atoms with van der Waals surface area (Å²) >= 11 is 16.2. The van der Waals surface area contributed by atoms with Crippen LogP contribution in [0.1, 0.15) is 23.0 Å². The van der Waals surface area contributed by atoms with E-state index in [0.29, 0.717) is 51.1 Å². The van der Waals surface area contributed by atoms with E-state index in [1.54, 1.807) is 22.9 Å². The number of guanidine groups is 2. The number of nitrogens with two attached hydrogens (primary N) is 1. The van der Waals surface area contributed by atoms with Crippen LogP contribution in [0.3, 0.4) is 0 Å².